The summed E-state index contributed by atoms with van der Waals surface area (Å²) in [4.78, 5) is 66.0. The van der Waals surface area contributed by atoms with Gasteiger partial charge in [0, 0.05) is 87.6 Å². The Morgan fingerprint density at radius 3 is 1.43 bits per heavy atom. The van der Waals surface area contributed by atoms with E-state index in [0.717, 1.165) is 158 Å². The summed E-state index contributed by atoms with van der Waals surface area (Å²) in [6.07, 6.45) is 6.29. The number of aryl methyl sites for hydroxylation is 4. The van der Waals surface area contributed by atoms with Crippen LogP contribution in [0.25, 0.3) is 123 Å². The van der Waals surface area contributed by atoms with Crippen LogP contribution >= 0.6 is 0 Å². The summed E-state index contributed by atoms with van der Waals surface area (Å²) in [5, 5.41) is 22.6. The SMILES string of the molecule is CC(C)n1cnc2c(-c3ccccc3)nc(Nc3ccccc3)nc21.Cc1cc2c(NC(C)C)nc(-c3ccccc3)nc2[nH]1.Cc1cc2c(NC3CC3)nc(-c3ccc4ccccc4c3)nc2[nH]1.Cc1nc2nc(-c3ccccc3)nc(Nc3ccccc3)c2[nH]1.Cn1ccc2c(Nc3ccccc3)nc(-c3ccccc3)nc21. The van der Waals surface area contributed by atoms with E-state index in [1.807, 2.05) is 256 Å². The van der Waals surface area contributed by atoms with Crippen molar-refractivity contribution in [1.82, 2.24) is 83.9 Å². The van der Waals surface area contributed by atoms with Gasteiger partial charge in [0.2, 0.25) is 5.95 Å². The maximum Gasteiger partial charge on any atom is 0.229 e. The Balaban J connectivity index is 0.000000108. The van der Waals surface area contributed by atoms with E-state index in [9.17, 15) is 0 Å². The highest BCUT2D eigenvalue weighted by Crippen LogP contribution is 2.35. The van der Waals surface area contributed by atoms with Crippen molar-refractivity contribution < 1.29 is 0 Å². The first kappa shape index (κ1) is 74.3. The highest BCUT2D eigenvalue weighted by Gasteiger charge is 2.25. The molecular formula is C93H86N22. The van der Waals surface area contributed by atoms with Gasteiger partial charge in [-0.25, -0.2) is 54.8 Å². The standard InChI is InChI=1S/C20H19N5.C20H18N4.C19H16N4.C18H15N5.C16H18N4/c1-14(2)25-13-21-18-17(15-9-5-3-6-10-15)23-20(24-19(18)25)22-16-11-7-4-8-12-16;1-12-10-17-19(21-12)23-18(24-20(17)22-16-8-9-16)15-7-6-13-4-2-3-5-14(13)11-15;1-23-13-12-16-18(20-15-10-6-3-7-11-15)21-17(22-19(16)23)14-8-4-2-5-9-14;1-12-19-15-17(20-12)22-16(13-8-4-2-5-9-13)23-18(15)21-14-10-6-3-7-11-14;1-10(2)17-15-13-9-11(3)18-16(13)20-14(19-15)12-7-5-4-6-8-12/h3-14H,1-2H3,(H,22,23,24);2-7,10-11,16H,8-9H2,1H3,(H2,21,22,23,24);2-13H,1H3,(H,20,21,22);2-11H,1H3,(H2,19,20,21,22,23);4-10H,1-3H3,(H2,17,18,19,20). The van der Waals surface area contributed by atoms with Gasteiger partial charge in [-0.2, -0.15) is 4.98 Å². The van der Waals surface area contributed by atoms with Crippen LogP contribution in [0, 0.1) is 20.8 Å². The fourth-order valence-electron chi connectivity index (χ4n) is 13.3. The second-order valence-electron chi connectivity index (χ2n) is 28.7. The van der Waals surface area contributed by atoms with E-state index in [4.69, 9.17) is 29.9 Å². The lowest BCUT2D eigenvalue weighted by atomic mass is 10.1. The fourth-order valence-corrected chi connectivity index (χ4v) is 13.3. The van der Waals surface area contributed by atoms with Gasteiger partial charge in [-0.1, -0.05) is 212 Å². The van der Waals surface area contributed by atoms with Crippen molar-refractivity contribution in [3.8, 4) is 56.8 Å². The number of H-pyrrole nitrogens is 3. The molecule has 568 valence electrons. The van der Waals surface area contributed by atoms with Crippen molar-refractivity contribution in [2.45, 2.75) is 79.4 Å². The third kappa shape index (κ3) is 17.7. The third-order valence-corrected chi connectivity index (χ3v) is 19.0. The monoisotopic (exact) mass is 1510 g/mol. The van der Waals surface area contributed by atoms with Crippen molar-refractivity contribution in [1.29, 1.82) is 0 Å². The number of hydrogen-bond donors (Lipinski definition) is 8. The molecule has 22 heteroatoms. The van der Waals surface area contributed by atoms with Gasteiger partial charge in [0.25, 0.3) is 0 Å². The molecule has 0 spiro atoms. The number of aromatic amines is 3. The molecule has 1 saturated carbocycles. The molecule has 0 bridgehead atoms. The van der Waals surface area contributed by atoms with Gasteiger partial charge >= 0.3 is 0 Å². The second kappa shape index (κ2) is 33.8. The molecule has 0 atom stereocenters. The van der Waals surface area contributed by atoms with Crippen LogP contribution in [0.5, 0.6) is 0 Å². The number of nitrogens with one attached hydrogen (secondary N) is 8. The van der Waals surface area contributed by atoms with E-state index in [1.54, 1.807) is 0 Å². The number of fused-ring (bicyclic) bond motifs is 6. The zero-order chi connectivity index (χ0) is 78.7. The number of rotatable bonds is 16. The van der Waals surface area contributed by atoms with E-state index < -0.39 is 0 Å². The molecular weight excluding hydrogens is 1430 g/mol. The molecule has 20 rings (SSSR count). The predicted octanol–water partition coefficient (Wildman–Crippen LogP) is 21.7. The predicted molar refractivity (Wildman–Crippen MR) is 467 cm³/mol. The molecule has 22 nitrogen and oxygen atoms in total. The first-order valence-electron chi connectivity index (χ1n) is 38.5. The molecule has 1 fully saturated rings. The number of anilines is 8. The summed E-state index contributed by atoms with van der Waals surface area (Å²) < 4.78 is 4.08. The summed E-state index contributed by atoms with van der Waals surface area (Å²) in [6.45, 7) is 14.5. The van der Waals surface area contributed by atoms with Gasteiger partial charge < -0.3 is 50.7 Å². The molecule has 0 aliphatic heterocycles. The molecule has 8 N–H and O–H groups in total. The highest BCUT2D eigenvalue weighted by atomic mass is 15.2. The summed E-state index contributed by atoms with van der Waals surface area (Å²) >= 11 is 0. The number of benzene rings is 9. The zero-order valence-electron chi connectivity index (χ0n) is 65.0. The quantitative estimate of drug-likeness (QED) is 0.0447. The van der Waals surface area contributed by atoms with E-state index in [1.165, 1.54) is 23.6 Å². The first-order chi connectivity index (χ1) is 56.2. The molecule has 10 heterocycles. The molecule has 10 aromatic heterocycles. The molecule has 0 saturated heterocycles. The average Bonchev–Trinajstić information content (AvgIpc) is 1.69. The Labute approximate surface area is 665 Å². The van der Waals surface area contributed by atoms with Gasteiger partial charge in [0.05, 0.1) is 22.5 Å². The molecule has 19 aromatic rings. The van der Waals surface area contributed by atoms with Gasteiger partial charge in [0.1, 0.15) is 56.9 Å². The highest BCUT2D eigenvalue weighted by molar-refractivity contribution is 5.95. The molecule has 115 heavy (non-hydrogen) atoms. The Morgan fingerprint density at radius 1 is 0.391 bits per heavy atom. The lowest BCUT2D eigenvalue weighted by molar-refractivity contribution is 0.613. The van der Waals surface area contributed by atoms with Crippen molar-refractivity contribution in [3.63, 3.8) is 0 Å². The number of para-hydroxylation sites is 3. The summed E-state index contributed by atoms with van der Waals surface area (Å²) in [6, 6.07) is 92.2. The molecule has 1 aliphatic rings. The smallest absolute Gasteiger partial charge is 0.229 e. The molecule has 1 aliphatic carbocycles. The third-order valence-electron chi connectivity index (χ3n) is 19.0. The minimum atomic E-state index is 0.271. The van der Waals surface area contributed by atoms with Crippen LogP contribution in [0.2, 0.25) is 0 Å². The molecule has 0 radical (unpaired) electrons. The lowest BCUT2D eigenvalue weighted by Crippen LogP contribution is -2.12. The van der Waals surface area contributed by atoms with Crippen molar-refractivity contribution in [2.24, 2.45) is 7.05 Å². The molecule has 9 aromatic carbocycles. The van der Waals surface area contributed by atoms with Gasteiger partial charge in [0.15, 0.2) is 40.4 Å². The number of nitrogens with zero attached hydrogens (tertiary/aromatic N) is 14. The largest absolute Gasteiger partial charge is 0.367 e. The summed E-state index contributed by atoms with van der Waals surface area (Å²) in [5.74, 6) is 7.63. The number of aromatic nitrogens is 17. The summed E-state index contributed by atoms with van der Waals surface area (Å²) in [5.41, 5.74) is 16.8. The van der Waals surface area contributed by atoms with Crippen molar-refractivity contribution in [2.75, 3.05) is 26.6 Å². The maximum atomic E-state index is 4.83. The van der Waals surface area contributed by atoms with E-state index in [-0.39, 0.29) is 6.04 Å². The Kier molecular flexibility index (Phi) is 21.8. The lowest BCUT2D eigenvalue weighted by Gasteiger charge is -2.11. The summed E-state index contributed by atoms with van der Waals surface area (Å²) in [7, 11) is 2.00. The van der Waals surface area contributed by atoms with E-state index >= 15 is 0 Å². The first-order valence-corrected chi connectivity index (χ1v) is 38.5. The fraction of sp³-hybridized carbons (Fsp3) is 0.140. The Hall–Kier alpha value is -14.8. The van der Waals surface area contributed by atoms with E-state index in [0.29, 0.717) is 29.5 Å². The van der Waals surface area contributed by atoms with Gasteiger partial charge in [-0.05, 0) is 133 Å². The normalized spacial score (nSPS) is 11.7. The minimum Gasteiger partial charge on any atom is -0.367 e. The topological polar surface area (TPSA) is 272 Å². The van der Waals surface area contributed by atoms with Crippen LogP contribution in [-0.2, 0) is 7.05 Å². The average molecular weight is 1510 g/mol. The van der Waals surface area contributed by atoms with Crippen molar-refractivity contribution >= 4 is 112 Å². The van der Waals surface area contributed by atoms with Crippen LogP contribution < -0.4 is 26.6 Å². The Morgan fingerprint density at radius 2 is 0.870 bits per heavy atom. The zero-order valence-corrected chi connectivity index (χ0v) is 65.0. The van der Waals surface area contributed by atoms with Crippen LogP contribution in [0.3, 0.4) is 0 Å². The number of imidazole rings is 2. The molecule has 0 unspecified atom stereocenters. The van der Waals surface area contributed by atoms with Gasteiger partial charge in [-0.15, -0.1) is 0 Å². The van der Waals surface area contributed by atoms with Crippen LogP contribution in [-0.4, -0.2) is 96.0 Å². The van der Waals surface area contributed by atoms with E-state index in [2.05, 4.69) is 165 Å². The van der Waals surface area contributed by atoms with Crippen molar-refractivity contribution in [3.05, 3.63) is 303 Å². The van der Waals surface area contributed by atoms with Crippen LogP contribution in [0.1, 0.15) is 63.8 Å². The molecule has 0 amide bonds. The van der Waals surface area contributed by atoms with Gasteiger partial charge in [-0.3, -0.25) is 0 Å². The second-order valence-corrected chi connectivity index (χ2v) is 28.7. The maximum absolute atomic E-state index is 4.83. The number of hydrogen-bond acceptors (Lipinski definition) is 17. The van der Waals surface area contributed by atoms with Crippen LogP contribution in [0.4, 0.5) is 46.3 Å². The Bertz CT molecular complexity index is 6450. The minimum absolute atomic E-state index is 0.271. The van der Waals surface area contributed by atoms with Crippen LogP contribution in [0.15, 0.2) is 286 Å².